The average molecular weight is 261 g/mol. The van der Waals surface area contributed by atoms with Crippen molar-refractivity contribution in [3.05, 3.63) is 40.6 Å². The monoisotopic (exact) mass is 261 g/mol. The van der Waals surface area contributed by atoms with Crippen molar-refractivity contribution in [1.29, 1.82) is 0 Å². The number of benzene rings is 1. The Kier molecular flexibility index (Phi) is 3.35. The highest BCUT2D eigenvalue weighted by atomic mass is 19.4. The van der Waals surface area contributed by atoms with Crippen LogP contribution in [0.4, 0.5) is 13.2 Å². The number of piperidine rings is 1. The number of hydrogen-bond acceptors (Lipinski definition) is 2. The van der Waals surface area contributed by atoms with Crippen molar-refractivity contribution in [2.75, 3.05) is 6.54 Å². The summed E-state index contributed by atoms with van der Waals surface area (Å²) in [7, 11) is 0. The first-order chi connectivity index (χ1) is 8.34. The van der Waals surface area contributed by atoms with Crippen LogP contribution < -0.4 is 5.06 Å². The highest BCUT2D eigenvalue weighted by Crippen LogP contribution is 2.32. The maximum atomic E-state index is 12.6. The fourth-order valence-corrected chi connectivity index (χ4v) is 2.27. The third-order valence-electron chi connectivity index (χ3n) is 3.32. The van der Waals surface area contributed by atoms with Crippen LogP contribution in [-0.2, 0) is 11.9 Å². The van der Waals surface area contributed by atoms with Crippen molar-refractivity contribution in [1.82, 2.24) is 0 Å². The van der Waals surface area contributed by atoms with Crippen molar-refractivity contribution in [2.24, 2.45) is 0 Å². The Bertz CT molecular complexity index is 436. The third-order valence-corrected chi connectivity index (χ3v) is 3.32. The molecule has 2 atom stereocenters. The third kappa shape index (κ3) is 2.36. The van der Waals surface area contributed by atoms with Crippen molar-refractivity contribution in [2.45, 2.75) is 31.2 Å². The molecule has 1 aliphatic rings. The molecule has 2 unspecified atom stereocenters. The average Bonchev–Trinajstić information content (AvgIpc) is 2.32. The van der Waals surface area contributed by atoms with Gasteiger partial charge in [0.15, 0.2) is 0 Å². The van der Waals surface area contributed by atoms with Gasteiger partial charge in [-0.3, -0.25) is 0 Å². The van der Waals surface area contributed by atoms with E-state index in [9.17, 15) is 23.5 Å². The lowest BCUT2D eigenvalue weighted by molar-refractivity contribution is -0.950. The fourth-order valence-electron chi connectivity index (χ4n) is 2.27. The molecule has 0 saturated carbocycles. The number of nitrogens with one attached hydrogen (secondary N) is 1. The fraction of sp³-hybridized carbons (Fsp3) is 0.500. The Balaban J connectivity index is 2.38. The number of halogens is 3. The van der Waals surface area contributed by atoms with Gasteiger partial charge in [-0.1, -0.05) is 12.1 Å². The highest BCUT2D eigenvalue weighted by Gasteiger charge is 2.40. The van der Waals surface area contributed by atoms with Crippen molar-refractivity contribution < 1.29 is 23.3 Å². The smallest absolute Gasteiger partial charge is 0.416 e. The predicted molar refractivity (Wildman–Crippen MR) is 58.4 cm³/mol. The van der Waals surface area contributed by atoms with E-state index in [1.165, 1.54) is 12.1 Å². The van der Waals surface area contributed by atoms with Gasteiger partial charge in [0.05, 0.1) is 12.1 Å². The number of hydrogen-bond donors (Lipinski definition) is 2. The van der Waals surface area contributed by atoms with Crippen LogP contribution in [0, 0.1) is 5.21 Å². The highest BCUT2D eigenvalue weighted by molar-refractivity contribution is 5.28. The van der Waals surface area contributed by atoms with Gasteiger partial charge in [0.2, 0.25) is 5.72 Å². The van der Waals surface area contributed by atoms with Crippen LogP contribution in [-0.4, -0.2) is 11.7 Å². The normalized spacial score (nSPS) is 29.3. The molecule has 6 heteroatoms. The maximum absolute atomic E-state index is 12.6. The molecule has 1 fully saturated rings. The second kappa shape index (κ2) is 4.53. The van der Waals surface area contributed by atoms with Crippen molar-refractivity contribution in [3.8, 4) is 0 Å². The molecule has 1 heterocycles. The van der Waals surface area contributed by atoms with Gasteiger partial charge >= 0.3 is 6.18 Å². The van der Waals surface area contributed by atoms with Gasteiger partial charge in [0, 0.05) is 12.0 Å². The van der Waals surface area contributed by atoms with Crippen LogP contribution in [0.5, 0.6) is 0 Å². The van der Waals surface area contributed by atoms with Gasteiger partial charge in [-0.05, 0) is 25.0 Å². The van der Waals surface area contributed by atoms with Gasteiger partial charge < -0.3 is 15.4 Å². The number of rotatable bonds is 1. The van der Waals surface area contributed by atoms with E-state index in [-0.39, 0.29) is 18.5 Å². The SMILES string of the molecule is [O-][NH+]1CCCCC1(O)c1cccc(C(F)(F)F)c1. The van der Waals surface area contributed by atoms with Crippen LogP contribution in [0.1, 0.15) is 30.4 Å². The van der Waals surface area contributed by atoms with Gasteiger partial charge in [0.25, 0.3) is 0 Å². The Hall–Kier alpha value is -1.11. The number of alkyl halides is 3. The van der Waals surface area contributed by atoms with Gasteiger partial charge in [0.1, 0.15) is 0 Å². The molecule has 18 heavy (non-hydrogen) atoms. The molecular formula is C12H14F3NO2. The Morgan fingerprint density at radius 1 is 1.28 bits per heavy atom. The van der Waals surface area contributed by atoms with Gasteiger partial charge in [-0.25, -0.2) is 0 Å². The first-order valence-electron chi connectivity index (χ1n) is 5.77. The zero-order chi connectivity index (χ0) is 13.4. The standard InChI is InChI=1S/C12H14F3NO2/c13-12(14,15)10-5-3-4-9(8-10)11(17)6-1-2-7-16(11)18/h3-5,8,16-17H,1-2,6-7H2. The van der Waals surface area contributed by atoms with E-state index in [0.29, 0.717) is 12.8 Å². The lowest BCUT2D eigenvalue weighted by atomic mass is 9.92. The summed E-state index contributed by atoms with van der Waals surface area (Å²) in [6.45, 7) is 0.215. The van der Waals surface area contributed by atoms with E-state index in [2.05, 4.69) is 0 Å². The first-order valence-corrected chi connectivity index (χ1v) is 5.77. The second-order valence-electron chi connectivity index (χ2n) is 4.57. The minimum Gasteiger partial charge on any atom is -0.632 e. The molecule has 1 aromatic rings. The lowest BCUT2D eigenvalue weighted by Crippen LogP contribution is -3.15. The summed E-state index contributed by atoms with van der Waals surface area (Å²) >= 11 is 0. The molecule has 2 N–H and O–H groups in total. The summed E-state index contributed by atoms with van der Waals surface area (Å²) < 4.78 is 37.8. The molecule has 2 rings (SSSR count). The van der Waals surface area contributed by atoms with Crippen LogP contribution >= 0.6 is 0 Å². The van der Waals surface area contributed by atoms with Crippen LogP contribution in [0.25, 0.3) is 0 Å². The van der Waals surface area contributed by atoms with Crippen LogP contribution in [0.2, 0.25) is 0 Å². The topological polar surface area (TPSA) is 47.7 Å². The van der Waals surface area contributed by atoms with E-state index in [1.54, 1.807) is 0 Å². The molecule has 0 aliphatic carbocycles. The molecule has 0 radical (unpaired) electrons. The summed E-state index contributed by atoms with van der Waals surface area (Å²) in [5.41, 5.74) is -2.55. The quantitative estimate of drug-likeness (QED) is 0.751. The van der Waals surface area contributed by atoms with Crippen LogP contribution in [0.15, 0.2) is 24.3 Å². The summed E-state index contributed by atoms with van der Waals surface area (Å²) in [4.78, 5) is 0. The Morgan fingerprint density at radius 3 is 2.61 bits per heavy atom. The summed E-state index contributed by atoms with van der Waals surface area (Å²) in [5, 5.41) is 21.6. The zero-order valence-corrected chi connectivity index (χ0v) is 9.63. The summed E-state index contributed by atoms with van der Waals surface area (Å²) in [6.07, 6.45) is -2.96. The molecule has 1 saturated heterocycles. The summed E-state index contributed by atoms with van der Waals surface area (Å²) in [6, 6.07) is 4.39. The molecule has 0 aromatic heterocycles. The van der Waals surface area contributed by atoms with Crippen molar-refractivity contribution in [3.63, 3.8) is 0 Å². The Morgan fingerprint density at radius 2 is 2.00 bits per heavy atom. The number of quaternary nitrogens is 1. The second-order valence-corrected chi connectivity index (χ2v) is 4.57. The van der Waals surface area contributed by atoms with E-state index in [4.69, 9.17) is 0 Å². The molecule has 1 aliphatic heterocycles. The molecule has 0 bridgehead atoms. The minimum absolute atomic E-state index is 0.0435. The lowest BCUT2D eigenvalue weighted by Gasteiger charge is -2.42. The molecule has 0 amide bonds. The number of hydroxylamine groups is 2. The molecular weight excluding hydrogens is 247 g/mol. The van der Waals surface area contributed by atoms with E-state index in [1.807, 2.05) is 0 Å². The van der Waals surface area contributed by atoms with Gasteiger partial charge in [-0.2, -0.15) is 13.2 Å². The Labute approximate surface area is 102 Å². The molecule has 3 nitrogen and oxygen atoms in total. The first kappa shape index (κ1) is 13.3. The van der Waals surface area contributed by atoms with E-state index >= 15 is 0 Å². The minimum atomic E-state index is -4.47. The molecule has 100 valence electrons. The maximum Gasteiger partial charge on any atom is 0.416 e. The van der Waals surface area contributed by atoms with Crippen LogP contribution in [0.3, 0.4) is 0 Å². The van der Waals surface area contributed by atoms with Crippen molar-refractivity contribution >= 4 is 0 Å². The van der Waals surface area contributed by atoms with E-state index in [0.717, 1.165) is 12.1 Å². The predicted octanol–water partition coefficient (Wildman–Crippen LogP) is 1.42. The summed E-state index contributed by atoms with van der Waals surface area (Å²) in [5.74, 6) is 0. The zero-order valence-electron chi connectivity index (χ0n) is 9.63. The van der Waals surface area contributed by atoms with E-state index < -0.39 is 22.5 Å². The van der Waals surface area contributed by atoms with Gasteiger partial charge in [-0.15, -0.1) is 0 Å². The number of aliphatic hydroxyl groups is 1. The molecule has 1 aromatic carbocycles. The largest absolute Gasteiger partial charge is 0.632 e. The molecule has 0 spiro atoms.